The van der Waals surface area contributed by atoms with Crippen LogP contribution >= 0.6 is 0 Å². The molecular formula is C27H30O16. The van der Waals surface area contributed by atoms with Crippen LogP contribution in [0.25, 0.3) is 22.3 Å². The van der Waals surface area contributed by atoms with E-state index >= 15 is 0 Å². The van der Waals surface area contributed by atoms with Crippen molar-refractivity contribution >= 4 is 11.0 Å². The molecule has 16 heteroatoms. The third-order valence-electron chi connectivity index (χ3n) is 7.35. The fourth-order valence-corrected chi connectivity index (χ4v) is 4.81. The summed E-state index contributed by atoms with van der Waals surface area (Å²) in [4.78, 5) is 12.9. The molecule has 2 saturated heterocycles. The van der Waals surface area contributed by atoms with Gasteiger partial charge in [-0.3, -0.25) is 4.79 Å². The summed E-state index contributed by atoms with van der Waals surface area (Å²) in [5.74, 6) is -3.98. The zero-order chi connectivity index (χ0) is 31.3. The second-order valence-electron chi connectivity index (χ2n) is 10.2. The van der Waals surface area contributed by atoms with Crippen LogP contribution in [0.5, 0.6) is 28.7 Å². The topological polar surface area (TPSA) is 269 Å². The Labute approximate surface area is 241 Å². The van der Waals surface area contributed by atoms with Crippen molar-refractivity contribution in [3.05, 3.63) is 40.6 Å². The molecule has 0 spiro atoms. The van der Waals surface area contributed by atoms with Gasteiger partial charge in [-0.25, -0.2) is 0 Å². The van der Waals surface area contributed by atoms with Gasteiger partial charge in [0.25, 0.3) is 0 Å². The number of benzene rings is 2. The van der Waals surface area contributed by atoms with Crippen molar-refractivity contribution in [2.45, 2.75) is 68.3 Å². The fraction of sp³-hybridized carbons (Fsp3) is 0.444. The number of rotatable bonds is 6. The Morgan fingerprint density at radius 2 is 1.37 bits per heavy atom. The lowest BCUT2D eigenvalue weighted by molar-refractivity contribution is -0.318. The molecule has 3 heterocycles. The Bertz CT molecular complexity index is 1520. The number of ether oxygens (including phenoxy) is 4. The zero-order valence-corrected chi connectivity index (χ0v) is 22.3. The first-order chi connectivity index (χ1) is 20.3. The van der Waals surface area contributed by atoms with Crippen molar-refractivity contribution in [1.29, 1.82) is 0 Å². The normalized spacial score (nSPS) is 33.0. The first kappa shape index (κ1) is 30.7. The monoisotopic (exact) mass is 610 g/mol. The van der Waals surface area contributed by atoms with Gasteiger partial charge in [0.15, 0.2) is 23.5 Å². The largest absolute Gasteiger partial charge is 0.508 e. The van der Waals surface area contributed by atoms with Crippen LogP contribution in [0.15, 0.2) is 39.5 Å². The summed E-state index contributed by atoms with van der Waals surface area (Å²) in [5, 5.41) is 102. The number of aliphatic hydroxyl groups is 6. The van der Waals surface area contributed by atoms with Gasteiger partial charge in [0.2, 0.25) is 23.2 Å². The maximum atomic E-state index is 12.9. The minimum Gasteiger partial charge on any atom is -0.508 e. The lowest BCUT2D eigenvalue weighted by atomic mass is 9.98. The van der Waals surface area contributed by atoms with E-state index in [2.05, 4.69) is 0 Å². The minimum atomic E-state index is -1.92. The first-order valence-electron chi connectivity index (χ1n) is 13.0. The molecule has 0 saturated carbocycles. The van der Waals surface area contributed by atoms with Gasteiger partial charge in [-0.2, -0.15) is 0 Å². The molecule has 2 aliphatic rings. The van der Waals surface area contributed by atoms with Crippen LogP contribution in [-0.2, 0) is 14.2 Å². The van der Waals surface area contributed by atoms with Gasteiger partial charge in [-0.05, 0) is 31.2 Å². The lowest BCUT2D eigenvalue weighted by Gasteiger charge is -2.42. The van der Waals surface area contributed by atoms with Crippen LogP contribution in [0.2, 0.25) is 0 Å². The number of aliphatic hydroxyl groups excluding tert-OH is 6. The molecule has 10 N–H and O–H groups in total. The van der Waals surface area contributed by atoms with Crippen LogP contribution in [0.1, 0.15) is 6.92 Å². The summed E-state index contributed by atoms with van der Waals surface area (Å²) < 4.78 is 27.4. The molecule has 0 bridgehead atoms. The molecule has 43 heavy (non-hydrogen) atoms. The summed E-state index contributed by atoms with van der Waals surface area (Å²) in [6.07, 6.45) is -15.9. The van der Waals surface area contributed by atoms with Crippen LogP contribution in [-0.4, -0.2) is 119 Å². The maximum absolute atomic E-state index is 12.9. The molecule has 0 aliphatic carbocycles. The van der Waals surface area contributed by atoms with Crippen molar-refractivity contribution in [3.8, 4) is 40.1 Å². The van der Waals surface area contributed by atoms with Crippen molar-refractivity contribution in [2.75, 3.05) is 6.61 Å². The molecule has 2 aliphatic heterocycles. The van der Waals surface area contributed by atoms with Crippen LogP contribution < -0.4 is 10.2 Å². The van der Waals surface area contributed by atoms with Gasteiger partial charge in [0, 0.05) is 11.6 Å². The summed E-state index contributed by atoms with van der Waals surface area (Å²) in [5.41, 5.74) is -1.30. The molecule has 3 aromatic rings. The van der Waals surface area contributed by atoms with E-state index in [9.17, 15) is 55.9 Å². The molecule has 0 amide bonds. The van der Waals surface area contributed by atoms with Crippen molar-refractivity contribution in [3.63, 3.8) is 0 Å². The third-order valence-corrected chi connectivity index (χ3v) is 7.35. The molecule has 1 aromatic heterocycles. The van der Waals surface area contributed by atoms with Crippen molar-refractivity contribution in [1.82, 2.24) is 0 Å². The highest BCUT2D eigenvalue weighted by atomic mass is 16.7. The highest BCUT2D eigenvalue weighted by Gasteiger charge is 2.47. The minimum absolute atomic E-state index is 0.0972. The van der Waals surface area contributed by atoms with Gasteiger partial charge in [0.05, 0.1) is 12.7 Å². The molecule has 2 aromatic carbocycles. The third kappa shape index (κ3) is 5.55. The Kier molecular flexibility index (Phi) is 8.41. The van der Waals surface area contributed by atoms with Gasteiger partial charge < -0.3 is 74.4 Å². The highest BCUT2D eigenvalue weighted by Crippen LogP contribution is 2.44. The molecule has 0 unspecified atom stereocenters. The van der Waals surface area contributed by atoms with E-state index in [1.807, 2.05) is 0 Å². The van der Waals surface area contributed by atoms with E-state index in [4.69, 9.17) is 23.4 Å². The van der Waals surface area contributed by atoms with Gasteiger partial charge in [0.1, 0.15) is 59.4 Å². The van der Waals surface area contributed by atoms with E-state index in [1.54, 1.807) is 0 Å². The van der Waals surface area contributed by atoms with Crippen LogP contribution in [0.4, 0.5) is 0 Å². The highest BCUT2D eigenvalue weighted by molar-refractivity contribution is 5.91. The van der Waals surface area contributed by atoms with Crippen molar-refractivity contribution < 1.29 is 74.4 Å². The number of hydrogen-bond acceptors (Lipinski definition) is 16. The summed E-state index contributed by atoms with van der Waals surface area (Å²) >= 11 is 0. The Hall–Kier alpha value is -3.71. The molecule has 10 atom stereocenters. The second-order valence-corrected chi connectivity index (χ2v) is 10.2. The average Bonchev–Trinajstić information content (AvgIpc) is 2.98. The van der Waals surface area contributed by atoms with E-state index in [-0.39, 0.29) is 22.7 Å². The maximum Gasteiger partial charge on any atom is 0.238 e. The number of hydrogen-bond donors (Lipinski definition) is 10. The van der Waals surface area contributed by atoms with Gasteiger partial charge in [-0.1, -0.05) is 0 Å². The van der Waals surface area contributed by atoms with Crippen LogP contribution in [0.3, 0.4) is 0 Å². The number of phenols is 3. The van der Waals surface area contributed by atoms with E-state index in [1.165, 1.54) is 31.2 Å². The smallest absolute Gasteiger partial charge is 0.238 e. The fourth-order valence-electron chi connectivity index (χ4n) is 4.81. The summed E-state index contributed by atoms with van der Waals surface area (Å²) in [7, 11) is 0. The van der Waals surface area contributed by atoms with Gasteiger partial charge >= 0.3 is 0 Å². The van der Waals surface area contributed by atoms with Crippen molar-refractivity contribution in [2.24, 2.45) is 0 Å². The number of aromatic hydroxyl groups is 4. The lowest BCUT2D eigenvalue weighted by Crippen LogP contribution is -2.61. The number of phenolic OH excluding ortho intramolecular Hbond substituents is 3. The standard InChI is InChI=1S/C27H30O16/c1-8-15(29)20(34)23(37)26(40-8)39-7-13-17(31)21(35)24(38)27(43-13)42-12-6-11-14(18(32)16(12)30)19(33)22(36)25(41-11)9-2-4-10(28)5-3-9/h2-6,8,13,15,17,20-21,23-24,26-32,34-38H,7H2,1H3/t8-,13+,15-,17+,20+,21-,23+,24+,26+,27+/m0/s1. The summed E-state index contributed by atoms with van der Waals surface area (Å²) in [6.45, 7) is 0.843. The quantitative estimate of drug-likeness (QED) is 0.140. The molecule has 0 radical (unpaired) electrons. The molecule has 2 fully saturated rings. The van der Waals surface area contributed by atoms with E-state index in [0.29, 0.717) is 0 Å². The Morgan fingerprint density at radius 3 is 2.05 bits per heavy atom. The first-order valence-corrected chi connectivity index (χ1v) is 13.0. The zero-order valence-electron chi connectivity index (χ0n) is 22.3. The Morgan fingerprint density at radius 1 is 0.744 bits per heavy atom. The van der Waals surface area contributed by atoms with Gasteiger partial charge in [-0.15, -0.1) is 0 Å². The number of fused-ring (bicyclic) bond motifs is 1. The average molecular weight is 611 g/mol. The predicted octanol–water partition coefficient (Wildman–Crippen LogP) is -1.69. The van der Waals surface area contributed by atoms with E-state index < -0.39 is 102 Å². The molecular weight excluding hydrogens is 580 g/mol. The second kappa shape index (κ2) is 11.8. The molecule has 16 nitrogen and oxygen atoms in total. The van der Waals surface area contributed by atoms with Crippen LogP contribution in [0, 0.1) is 0 Å². The molecule has 234 valence electrons. The SMILES string of the molecule is C[C@@H]1O[C@@H](OC[C@H]2O[C@@H](Oc3cc4oc(-c5ccc(O)cc5)c(O)c(=O)c4c(O)c3O)[C@H](O)[C@@H](O)[C@@H]2O)[C@H](O)[C@H](O)[C@H]1O. The summed E-state index contributed by atoms with van der Waals surface area (Å²) in [6, 6.07) is 6.19. The predicted molar refractivity (Wildman–Crippen MR) is 140 cm³/mol. The Balaban J connectivity index is 1.41. The molecule has 5 rings (SSSR count). The van der Waals surface area contributed by atoms with E-state index in [0.717, 1.165) is 6.07 Å².